The summed E-state index contributed by atoms with van der Waals surface area (Å²) in [6, 6.07) is 19.5. The fourth-order valence-corrected chi connectivity index (χ4v) is 2.45. The molecule has 0 unspecified atom stereocenters. The van der Waals surface area contributed by atoms with Gasteiger partial charge in [0, 0.05) is 17.4 Å². The second-order valence-corrected chi connectivity index (χ2v) is 4.85. The van der Waals surface area contributed by atoms with Crippen molar-refractivity contribution in [2.75, 3.05) is 12.8 Å². The Morgan fingerprint density at radius 1 is 1.09 bits per heavy atom. The first kappa shape index (κ1) is 13.8. The Bertz CT molecular complexity index is 845. The molecule has 0 radical (unpaired) electrons. The first-order valence-corrected chi connectivity index (χ1v) is 6.85. The highest BCUT2D eigenvalue weighted by Crippen LogP contribution is 2.33. The van der Waals surface area contributed by atoms with Crippen LogP contribution in [0.25, 0.3) is 16.8 Å². The first-order valence-electron chi connectivity index (χ1n) is 6.85. The van der Waals surface area contributed by atoms with Crippen LogP contribution in [-0.2, 0) is 0 Å². The van der Waals surface area contributed by atoms with Gasteiger partial charge in [0.2, 0.25) is 0 Å². The molecule has 22 heavy (non-hydrogen) atoms. The number of ether oxygens (including phenoxy) is 1. The lowest BCUT2D eigenvalue weighted by atomic mass is 10.0. The number of anilines is 1. The quantitative estimate of drug-likeness (QED) is 0.801. The van der Waals surface area contributed by atoms with Crippen molar-refractivity contribution in [2.45, 2.75) is 0 Å². The van der Waals surface area contributed by atoms with E-state index < -0.39 is 0 Å². The third-order valence-corrected chi connectivity index (χ3v) is 3.57. The molecule has 0 aliphatic carbocycles. The molecule has 108 valence electrons. The summed E-state index contributed by atoms with van der Waals surface area (Å²) in [5.74, 6) is 1.18. The van der Waals surface area contributed by atoms with Crippen LogP contribution in [0.4, 0.5) is 5.82 Å². The number of aromatic nitrogens is 1. The second kappa shape index (κ2) is 5.66. The maximum atomic E-state index is 9.47. The Morgan fingerprint density at radius 3 is 2.55 bits per heavy atom. The number of benzene rings is 2. The van der Waals surface area contributed by atoms with Crippen LogP contribution in [0.1, 0.15) is 5.56 Å². The number of nitrogens with two attached hydrogens (primary N) is 1. The minimum Gasteiger partial charge on any atom is -0.497 e. The zero-order valence-electron chi connectivity index (χ0n) is 12.2. The van der Waals surface area contributed by atoms with E-state index in [1.165, 1.54) is 0 Å². The molecular formula is C18H15N3O. The third kappa shape index (κ3) is 2.29. The van der Waals surface area contributed by atoms with Gasteiger partial charge in [-0.25, -0.2) is 0 Å². The number of methoxy groups -OCH3 is 1. The number of hydrogen-bond acceptors (Lipinski definition) is 3. The molecule has 0 fully saturated rings. The van der Waals surface area contributed by atoms with Gasteiger partial charge in [-0.2, -0.15) is 5.26 Å². The molecule has 0 saturated heterocycles. The Kier molecular flexibility index (Phi) is 3.55. The topological polar surface area (TPSA) is 64.0 Å². The van der Waals surface area contributed by atoms with E-state index in [1.807, 2.05) is 65.4 Å². The summed E-state index contributed by atoms with van der Waals surface area (Å²) in [4.78, 5) is 0. The van der Waals surface area contributed by atoms with Crippen molar-refractivity contribution in [1.29, 1.82) is 5.26 Å². The molecule has 0 aliphatic heterocycles. The molecule has 2 aromatic carbocycles. The van der Waals surface area contributed by atoms with Crippen molar-refractivity contribution in [2.24, 2.45) is 0 Å². The van der Waals surface area contributed by atoms with E-state index in [1.54, 1.807) is 7.11 Å². The highest BCUT2D eigenvalue weighted by molar-refractivity contribution is 5.78. The van der Waals surface area contributed by atoms with E-state index in [-0.39, 0.29) is 0 Å². The van der Waals surface area contributed by atoms with Gasteiger partial charge in [0.25, 0.3) is 0 Å². The summed E-state index contributed by atoms with van der Waals surface area (Å²) in [6.45, 7) is 0. The molecule has 0 saturated carbocycles. The predicted octanol–water partition coefficient (Wildman–Crippen LogP) is 3.61. The number of hydrogen-bond donors (Lipinski definition) is 1. The van der Waals surface area contributed by atoms with Crippen molar-refractivity contribution in [3.63, 3.8) is 0 Å². The second-order valence-electron chi connectivity index (χ2n) is 4.85. The standard InChI is InChI=1S/C18H15N3O/c1-22-15-9-5-6-13(10-15)17-12-21(18(20)16(17)11-19)14-7-3-2-4-8-14/h2-10,12H,20H2,1H3. The van der Waals surface area contributed by atoms with E-state index >= 15 is 0 Å². The molecule has 0 amide bonds. The van der Waals surface area contributed by atoms with Crippen LogP contribution in [0.5, 0.6) is 5.75 Å². The van der Waals surface area contributed by atoms with Crippen LogP contribution in [0.15, 0.2) is 60.8 Å². The van der Waals surface area contributed by atoms with Crippen LogP contribution < -0.4 is 10.5 Å². The van der Waals surface area contributed by atoms with Crippen molar-refractivity contribution in [1.82, 2.24) is 4.57 Å². The van der Waals surface area contributed by atoms with E-state index in [2.05, 4.69) is 6.07 Å². The fraction of sp³-hybridized carbons (Fsp3) is 0.0556. The summed E-state index contributed by atoms with van der Waals surface area (Å²) in [5, 5.41) is 9.47. The van der Waals surface area contributed by atoms with Gasteiger partial charge in [-0.15, -0.1) is 0 Å². The van der Waals surface area contributed by atoms with Gasteiger partial charge in [-0.05, 0) is 29.8 Å². The molecule has 3 aromatic rings. The van der Waals surface area contributed by atoms with Gasteiger partial charge < -0.3 is 15.0 Å². The Balaban J connectivity index is 2.19. The van der Waals surface area contributed by atoms with Crippen molar-refractivity contribution < 1.29 is 4.74 Å². The molecule has 2 N–H and O–H groups in total. The molecule has 4 heteroatoms. The molecule has 3 rings (SSSR count). The Labute approximate surface area is 129 Å². The first-order chi connectivity index (χ1) is 10.7. The van der Waals surface area contributed by atoms with Gasteiger partial charge >= 0.3 is 0 Å². The zero-order valence-corrected chi connectivity index (χ0v) is 12.2. The van der Waals surface area contributed by atoms with Gasteiger partial charge in [0.1, 0.15) is 23.2 Å². The van der Waals surface area contributed by atoms with Gasteiger partial charge in [0.05, 0.1) is 7.11 Å². The number of nitrogen functional groups attached to an aromatic ring is 1. The molecule has 0 spiro atoms. The molecular weight excluding hydrogens is 274 g/mol. The minimum absolute atomic E-state index is 0.437. The Morgan fingerprint density at radius 2 is 1.86 bits per heavy atom. The highest BCUT2D eigenvalue weighted by atomic mass is 16.5. The average Bonchev–Trinajstić information content (AvgIpc) is 2.92. The van der Waals surface area contributed by atoms with E-state index in [0.717, 1.165) is 22.6 Å². The molecule has 4 nitrogen and oxygen atoms in total. The van der Waals surface area contributed by atoms with Crippen LogP contribution in [0, 0.1) is 11.3 Å². The largest absolute Gasteiger partial charge is 0.497 e. The van der Waals surface area contributed by atoms with Gasteiger partial charge in [-0.3, -0.25) is 0 Å². The summed E-state index contributed by atoms with van der Waals surface area (Å²) in [5.41, 5.74) is 9.25. The lowest BCUT2D eigenvalue weighted by Crippen LogP contribution is -1.99. The lowest BCUT2D eigenvalue weighted by Gasteiger charge is -2.04. The van der Waals surface area contributed by atoms with Crippen LogP contribution >= 0.6 is 0 Å². The van der Waals surface area contributed by atoms with E-state index in [0.29, 0.717) is 11.4 Å². The summed E-state index contributed by atoms with van der Waals surface area (Å²) >= 11 is 0. The lowest BCUT2D eigenvalue weighted by molar-refractivity contribution is 0.415. The van der Waals surface area contributed by atoms with E-state index in [9.17, 15) is 5.26 Å². The van der Waals surface area contributed by atoms with Crippen LogP contribution in [-0.4, -0.2) is 11.7 Å². The zero-order chi connectivity index (χ0) is 15.5. The highest BCUT2D eigenvalue weighted by Gasteiger charge is 2.16. The van der Waals surface area contributed by atoms with Crippen molar-refractivity contribution >= 4 is 5.82 Å². The number of para-hydroxylation sites is 1. The minimum atomic E-state index is 0.437. The average molecular weight is 289 g/mol. The van der Waals surface area contributed by atoms with Crippen molar-refractivity contribution in [3.05, 3.63) is 66.4 Å². The molecule has 0 aliphatic rings. The molecule has 1 heterocycles. The van der Waals surface area contributed by atoms with Gasteiger partial charge in [-0.1, -0.05) is 30.3 Å². The number of rotatable bonds is 3. The molecule has 1 aromatic heterocycles. The van der Waals surface area contributed by atoms with Crippen molar-refractivity contribution in [3.8, 4) is 28.6 Å². The predicted molar refractivity (Wildman–Crippen MR) is 86.9 cm³/mol. The number of nitrogens with zero attached hydrogens (tertiary/aromatic N) is 2. The maximum absolute atomic E-state index is 9.47. The normalized spacial score (nSPS) is 10.2. The van der Waals surface area contributed by atoms with Gasteiger partial charge in [0.15, 0.2) is 0 Å². The smallest absolute Gasteiger partial charge is 0.126 e. The van der Waals surface area contributed by atoms with Crippen LogP contribution in [0.2, 0.25) is 0 Å². The molecule has 0 bridgehead atoms. The SMILES string of the molecule is COc1cccc(-c2cn(-c3ccccc3)c(N)c2C#N)c1. The fourth-order valence-electron chi connectivity index (χ4n) is 2.45. The third-order valence-electron chi connectivity index (χ3n) is 3.57. The summed E-state index contributed by atoms with van der Waals surface area (Å²) < 4.78 is 7.08. The summed E-state index contributed by atoms with van der Waals surface area (Å²) in [6.07, 6.45) is 1.89. The number of nitriles is 1. The summed E-state index contributed by atoms with van der Waals surface area (Å²) in [7, 11) is 1.62. The monoisotopic (exact) mass is 289 g/mol. The molecule has 0 atom stereocenters. The Hall–Kier alpha value is -3.19. The maximum Gasteiger partial charge on any atom is 0.126 e. The van der Waals surface area contributed by atoms with Crippen LogP contribution in [0.3, 0.4) is 0 Å². The van der Waals surface area contributed by atoms with E-state index in [4.69, 9.17) is 10.5 Å².